The van der Waals surface area contributed by atoms with Crippen molar-refractivity contribution in [1.29, 1.82) is 0 Å². The number of rotatable bonds is 1. The first kappa shape index (κ1) is 12.1. The number of ketones is 1. The van der Waals surface area contributed by atoms with Crippen molar-refractivity contribution in [1.82, 2.24) is 5.32 Å². The Morgan fingerprint density at radius 2 is 2.29 bits per heavy atom. The number of aryl methyl sites for hydroxylation is 1. The fourth-order valence-corrected chi connectivity index (χ4v) is 2.31. The Morgan fingerprint density at radius 3 is 3.00 bits per heavy atom. The van der Waals surface area contributed by atoms with Crippen molar-refractivity contribution in [2.75, 3.05) is 7.11 Å². The number of fused-ring (bicyclic) bond motifs is 1. The van der Waals surface area contributed by atoms with Gasteiger partial charge in [-0.05, 0) is 30.5 Å². The van der Waals surface area contributed by atoms with Crippen LogP contribution in [0.2, 0.25) is 0 Å². The van der Waals surface area contributed by atoms with Crippen LogP contribution in [0.4, 0.5) is 4.79 Å². The second-order valence-electron chi connectivity index (χ2n) is 3.89. The lowest BCUT2D eigenvalue weighted by Crippen LogP contribution is -2.43. The third-order valence-electron chi connectivity index (χ3n) is 2.83. The number of carbonyl (C=O) groups excluding carboxylic acids is 2. The number of halogens is 1. The average Bonchev–Trinajstić information content (AvgIpc) is 2.33. The van der Waals surface area contributed by atoms with Gasteiger partial charge in [0.05, 0.1) is 13.2 Å². The molecule has 0 aromatic heterocycles. The second kappa shape index (κ2) is 4.87. The van der Waals surface area contributed by atoms with Crippen molar-refractivity contribution in [3.63, 3.8) is 0 Å². The maximum Gasteiger partial charge on any atom is 0.407 e. The molecule has 1 aliphatic rings. The van der Waals surface area contributed by atoms with Crippen LogP contribution in [-0.2, 0) is 11.2 Å². The molecule has 0 bridgehead atoms. The Kier molecular flexibility index (Phi) is 3.47. The van der Waals surface area contributed by atoms with Crippen LogP contribution < -0.4 is 5.32 Å². The molecule has 0 fully saturated rings. The normalized spacial score (nSPS) is 18.5. The van der Waals surface area contributed by atoms with Gasteiger partial charge in [0.25, 0.3) is 0 Å². The number of alkyl carbamates (subject to hydrolysis) is 1. The Labute approximate surface area is 107 Å². The van der Waals surface area contributed by atoms with Crippen LogP contribution in [0.15, 0.2) is 22.7 Å². The first-order valence-corrected chi connectivity index (χ1v) is 6.08. The van der Waals surface area contributed by atoms with E-state index in [0.29, 0.717) is 12.0 Å². The van der Waals surface area contributed by atoms with E-state index in [2.05, 4.69) is 26.0 Å². The fourth-order valence-electron chi connectivity index (χ4n) is 1.95. The zero-order valence-corrected chi connectivity index (χ0v) is 10.9. The molecule has 1 aromatic carbocycles. The molecule has 1 aromatic rings. The van der Waals surface area contributed by atoms with Gasteiger partial charge >= 0.3 is 6.09 Å². The van der Waals surface area contributed by atoms with Crippen molar-refractivity contribution in [2.45, 2.75) is 18.9 Å². The van der Waals surface area contributed by atoms with Gasteiger partial charge in [-0.2, -0.15) is 0 Å². The molecule has 90 valence electrons. The van der Waals surface area contributed by atoms with E-state index in [4.69, 9.17) is 0 Å². The number of benzene rings is 1. The maximum absolute atomic E-state index is 12.1. The molecule has 1 aliphatic carbocycles. The highest BCUT2D eigenvalue weighted by Crippen LogP contribution is 2.24. The summed E-state index contributed by atoms with van der Waals surface area (Å²) in [4.78, 5) is 23.2. The predicted octanol–water partition coefficient (Wildman–Crippen LogP) is 2.30. The largest absolute Gasteiger partial charge is 0.453 e. The van der Waals surface area contributed by atoms with E-state index >= 15 is 0 Å². The van der Waals surface area contributed by atoms with Crippen molar-refractivity contribution in [3.05, 3.63) is 33.8 Å². The number of amides is 1. The van der Waals surface area contributed by atoms with E-state index in [9.17, 15) is 9.59 Å². The number of nitrogens with one attached hydrogen (secondary N) is 1. The zero-order valence-electron chi connectivity index (χ0n) is 9.33. The summed E-state index contributed by atoms with van der Waals surface area (Å²) in [6, 6.07) is 5.17. The molecule has 5 heteroatoms. The molecule has 17 heavy (non-hydrogen) atoms. The Balaban J connectivity index is 2.23. The number of Topliss-reactive ketones (excluding diaryl/α,β-unsaturated/α-hetero) is 1. The summed E-state index contributed by atoms with van der Waals surface area (Å²) in [5.41, 5.74) is 1.70. The Morgan fingerprint density at radius 1 is 1.53 bits per heavy atom. The van der Waals surface area contributed by atoms with E-state index in [0.717, 1.165) is 16.5 Å². The Bertz CT molecular complexity index is 473. The van der Waals surface area contributed by atoms with E-state index in [1.165, 1.54) is 7.11 Å². The van der Waals surface area contributed by atoms with Gasteiger partial charge in [0, 0.05) is 10.0 Å². The molecule has 2 rings (SSSR count). The van der Waals surface area contributed by atoms with Gasteiger partial charge in [0.1, 0.15) is 0 Å². The summed E-state index contributed by atoms with van der Waals surface area (Å²) in [6.45, 7) is 0. The smallest absolute Gasteiger partial charge is 0.407 e. The van der Waals surface area contributed by atoms with Crippen LogP contribution in [0.5, 0.6) is 0 Å². The van der Waals surface area contributed by atoms with E-state index < -0.39 is 12.1 Å². The highest BCUT2D eigenvalue weighted by molar-refractivity contribution is 9.10. The number of carbonyl (C=O) groups is 2. The van der Waals surface area contributed by atoms with E-state index in [-0.39, 0.29) is 5.78 Å². The van der Waals surface area contributed by atoms with E-state index in [1.807, 2.05) is 12.1 Å². The number of hydrogen-bond donors (Lipinski definition) is 1. The maximum atomic E-state index is 12.1. The molecule has 0 heterocycles. The second-order valence-corrected chi connectivity index (χ2v) is 4.81. The summed E-state index contributed by atoms with van der Waals surface area (Å²) >= 11 is 3.34. The lowest BCUT2D eigenvalue weighted by Gasteiger charge is -2.23. The third kappa shape index (κ3) is 2.49. The molecule has 1 unspecified atom stereocenters. The predicted molar refractivity (Wildman–Crippen MR) is 66.1 cm³/mol. The van der Waals surface area contributed by atoms with Gasteiger partial charge in [-0.1, -0.05) is 22.0 Å². The number of ether oxygens (including phenoxy) is 1. The highest BCUT2D eigenvalue weighted by atomic mass is 79.9. The van der Waals surface area contributed by atoms with Crippen molar-refractivity contribution < 1.29 is 14.3 Å². The fraction of sp³-hybridized carbons (Fsp3) is 0.333. The lowest BCUT2D eigenvalue weighted by molar-refractivity contribution is 0.0916. The highest BCUT2D eigenvalue weighted by Gasteiger charge is 2.28. The minimum absolute atomic E-state index is 0.0575. The molecule has 0 radical (unpaired) electrons. The molecular formula is C12H12BrNO3. The number of methoxy groups -OCH3 is 1. The molecule has 1 atom stereocenters. The van der Waals surface area contributed by atoms with Crippen LogP contribution >= 0.6 is 15.9 Å². The van der Waals surface area contributed by atoms with Gasteiger partial charge < -0.3 is 10.1 Å². The van der Waals surface area contributed by atoms with Crippen LogP contribution in [0.25, 0.3) is 0 Å². The third-order valence-corrected chi connectivity index (χ3v) is 3.33. The molecule has 0 aliphatic heterocycles. The number of hydrogen-bond acceptors (Lipinski definition) is 3. The zero-order chi connectivity index (χ0) is 12.4. The van der Waals surface area contributed by atoms with Gasteiger partial charge in [-0.3, -0.25) is 4.79 Å². The molecule has 0 saturated carbocycles. The van der Waals surface area contributed by atoms with Crippen LogP contribution in [0.3, 0.4) is 0 Å². The average molecular weight is 298 g/mol. The quantitative estimate of drug-likeness (QED) is 0.865. The van der Waals surface area contributed by atoms with Gasteiger partial charge in [-0.25, -0.2) is 4.79 Å². The monoisotopic (exact) mass is 297 g/mol. The topological polar surface area (TPSA) is 55.4 Å². The first-order chi connectivity index (χ1) is 8.11. The van der Waals surface area contributed by atoms with Crippen molar-refractivity contribution >= 4 is 27.8 Å². The van der Waals surface area contributed by atoms with Crippen LogP contribution in [0.1, 0.15) is 22.3 Å². The van der Waals surface area contributed by atoms with E-state index in [1.54, 1.807) is 6.07 Å². The molecule has 0 saturated heterocycles. The van der Waals surface area contributed by atoms with Crippen molar-refractivity contribution in [3.8, 4) is 0 Å². The first-order valence-electron chi connectivity index (χ1n) is 5.29. The summed E-state index contributed by atoms with van der Waals surface area (Å²) in [7, 11) is 1.28. The summed E-state index contributed by atoms with van der Waals surface area (Å²) < 4.78 is 5.37. The molecule has 0 spiro atoms. The minimum atomic E-state index is -0.568. The van der Waals surface area contributed by atoms with Gasteiger partial charge in [0.2, 0.25) is 0 Å². The molecule has 4 nitrogen and oxygen atoms in total. The van der Waals surface area contributed by atoms with Crippen LogP contribution in [0, 0.1) is 0 Å². The van der Waals surface area contributed by atoms with Crippen LogP contribution in [-0.4, -0.2) is 25.0 Å². The summed E-state index contributed by atoms with van der Waals surface area (Å²) in [5, 5.41) is 2.55. The Hall–Kier alpha value is -1.36. The summed E-state index contributed by atoms with van der Waals surface area (Å²) in [6.07, 6.45) is 0.827. The van der Waals surface area contributed by atoms with Gasteiger partial charge in [0.15, 0.2) is 5.78 Å². The molecule has 1 amide bonds. The standard InChI is InChI=1S/C12H12BrNO3/c1-17-12(16)14-10-5-3-7-2-4-8(13)6-9(7)11(10)15/h2,4,6,10H,3,5H2,1H3,(H,14,16). The summed E-state index contributed by atoms with van der Waals surface area (Å²) in [5.74, 6) is -0.0575. The van der Waals surface area contributed by atoms with Gasteiger partial charge in [-0.15, -0.1) is 0 Å². The lowest BCUT2D eigenvalue weighted by atomic mass is 9.87. The minimum Gasteiger partial charge on any atom is -0.453 e. The molecule has 1 N–H and O–H groups in total. The SMILES string of the molecule is COC(=O)NC1CCc2ccc(Br)cc2C1=O. The van der Waals surface area contributed by atoms with Crippen molar-refractivity contribution in [2.24, 2.45) is 0 Å². The molecular weight excluding hydrogens is 286 g/mol.